The molecule has 4 aromatic carbocycles. The number of ether oxygens (including phenoxy) is 4. The van der Waals surface area contributed by atoms with Gasteiger partial charge in [0.15, 0.2) is 11.5 Å². The Bertz CT molecular complexity index is 1450. The van der Waals surface area contributed by atoms with Crippen LogP contribution in [0.2, 0.25) is 5.02 Å². The smallest absolute Gasteiger partial charge is 0.214 e. The molecule has 0 spiro atoms. The first-order chi connectivity index (χ1) is 18.6. The number of fused-ring (bicyclic) bond motifs is 3. The van der Waals surface area contributed by atoms with Crippen molar-refractivity contribution in [3.8, 4) is 23.0 Å². The molecule has 0 bridgehead atoms. The second-order valence-corrected chi connectivity index (χ2v) is 9.64. The van der Waals surface area contributed by atoms with Gasteiger partial charge in [-0.05, 0) is 77.9 Å². The summed E-state index contributed by atoms with van der Waals surface area (Å²) in [5.41, 5.74) is 5.16. The van der Waals surface area contributed by atoms with Gasteiger partial charge in [0.1, 0.15) is 18.1 Å². The van der Waals surface area contributed by atoms with Gasteiger partial charge in [-0.1, -0.05) is 35.9 Å². The lowest BCUT2D eigenvalue weighted by Crippen LogP contribution is -2.33. The predicted molar refractivity (Wildman–Crippen MR) is 147 cm³/mol. The van der Waals surface area contributed by atoms with E-state index < -0.39 is 6.23 Å². The van der Waals surface area contributed by atoms with Crippen molar-refractivity contribution in [2.75, 3.05) is 14.2 Å². The number of rotatable bonds is 7. The third kappa shape index (κ3) is 4.63. The maximum atomic E-state index is 6.58. The van der Waals surface area contributed by atoms with Crippen LogP contribution in [0, 0.1) is 0 Å². The maximum absolute atomic E-state index is 6.58. The summed E-state index contributed by atoms with van der Waals surface area (Å²) in [6, 6.07) is 29.7. The van der Waals surface area contributed by atoms with Crippen LogP contribution in [0.3, 0.4) is 0 Å². The molecule has 0 fully saturated rings. The summed E-state index contributed by atoms with van der Waals surface area (Å²) in [7, 11) is 3.34. The van der Waals surface area contributed by atoms with Crippen LogP contribution in [-0.2, 0) is 6.61 Å². The molecule has 6 rings (SSSR count). The fourth-order valence-corrected chi connectivity index (χ4v) is 5.02. The highest BCUT2D eigenvalue weighted by Gasteiger charge is 2.42. The van der Waals surface area contributed by atoms with Gasteiger partial charge in [0.25, 0.3) is 0 Å². The Kier molecular flexibility index (Phi) is 6.56. The molecule has 2 aliphatic rings. The van der Waals surface area contributed by atoms with Crippen LogP contribution in [0.4, 0.5) is 0 Å². The van der Waals surface area contributed by atoms with Crippen LogP contribution < -0.4 is 18.9 Å². The number of nitrogens with zero attached hydrogens (tertiary/aromatic N) is 2. The topological polar surface area (TPSA) is 52.5 Å². The summed E-state index contributed by atoms with van der Waals surface area (Å²) in [6.45, 7) is 0.463. The van der Waals surface area contributed by atoms with Crippen LogP contribution in [-0.4, -0.2) is 24.9 Å². The molecule has 7 heteroatoms. The minimum Gasteiger partial charge on any atom is -0.497 e. The molecular formula is C31H27ClN2O4. The van der Waals surface area contributed by atoms with Gasteiger partial charge in [0.2, 0.25) is 6.23 Å². The number of methoxy groups -OCH3 is 2. The highest BCUT2D eigenvalue weighted by atomic mass is 35.5. The molecule has 0 saturated carbocycles. The molecule has 0 N–H and O–H groups in total. The second kappa shape index (κ2) is 10.3. The Morgan fingerprint density at radius 2 is 1.61 bits per heavy atom. The van der Waals surface area contributed by atoms with Gasteiger partial charge < -0.3 is 18.9 Å². The van der Waals surface area contributed by atoms with Crippen molar-refractivity contribution in [2.24, 2.45) is 5.10 Å². The molecule has 2 atom stereocenters. The van der Waals surface area contributed by atoms with Gasteiger partial charge in [-0.3, -0.25) is 0 Å². The number of benzene rings is 4. The lowest BCUT2D eigenvalue weighted by molar-refractivity contribution is -0.0209. The second-order valence-electron chi connectivity index (χ2n) is 9.21. The van der Waals surface area contributed by atoms with E-state index in [4.69, 9.17) is 35.6 Å². The first kappa shape index (κ1) is 24.2. The molecule has 192 valence electrons. The van der Waals surface area contributed by atoms with Gasteiger partial charge in [-0.2, -0.15) is 5.10 Å². The summed E-state index contributed by atoms with van der Waals surface area (Å²) in [4.78, 5) is 0. The zero-order chi connectivity index (χ0) is 26.1. The third-order valence-electron chi connectivity index (χ3n) is 6.91. The Labute approximate surface area is 227 Å². The van der Waals surface area contributed by atoms with Crippen molar-refractivity contribution in [3.05, 3.63) is 118 Å². The van der Waals surface area contributed by atoms with E-state index in [1.807, 2.05) is 84.9 Å². The molecule has 4 aromatic rings. The van der Waals surface area contributed by atoms with Gasteiger partial charge in [-0.25, -0.2) is 5.01 Å². The number of halogens is 1. The summed E-state index contributed by atoms with van der Waals surface area (Å²) >= 11 is 5.99. The number of hydrogen-bond donors (Lipinski definition) is 0. The fourth-order valence-electron chi connectivity index (χ4n) is 4.90. The molecule has 0 saturated heterocycles. The minimum absolute atomic E-state index is 0.0248. The van der Waals surface area contributed by atoms with E-state index in [9.17, 15) is 0 Å². The molecule has 0 amide bonds. The first-order valence-electron chi connectivity index (χ1n) is 12.4. The summed E-state index contributed by atoms with van der Waals surface area (Å²) in [6.07, 6.45) is 0.346. The molecular weight excluding hydrogens is 500 g/mol. The number of hydrazone groups is 1. The largest absolute Gasteiger partial charge is 0.497 e. The average Bonchev–Trinajstić information content (AvgIpc) is 3.42. The summed E-state index contributed by atoms with van der Waals surface area (Å²) in [5, 5.41) is 7.83. The summed E-state index contributed by atoms with van der Waals surface area (Å²) in [5.74, 6) is 3.07. The quantitative estimate of drug-likeness (QED) is 0.255. The predicted octanol–water partition coefficient (Wildman–Crippen LogP) is 7.18. The molecule has 0 radical (unpaired) electrons. The van der Waals surface area contributed by atoms with Crippen LogP contribution in [0.5, 0.6) is 23.0 Å². The first-order valence-corrected chi connectivity index (χ1v) is 12.8. The highest BCUT2D eigenvalue weighted by Crippen LogP contribution is 2.50. The van der Waals surface area contributed by atoms with Gasteiger partial charge >= 0.3 is 0 Å². The zero-order valence-corrected chi connectivity index (χ0v) is 21.9. The van der Waals surface area contributed by atoms with Crippen LogP contribution in [0.25, 0.3) is 0 Å². The lowest BCUT2D eigenvalue weighted by Gasteiger charge is -2.38. The lowest BCUT2D eigenvalue weighted by atomic mass is 9.95. The van der Waals surface area contributed by atoms with Crippen molar-refractivity contribution >= 4 is 17.3 Å². The van der Waals surface area contributed by atoms with Gasteiger partial charge in [0, 0.05) is 22.6 Å². The minimum atomic E-state index is -0.412. The van der Waals surface area contributed by atoms with Crippen molar-refractivity contribution in [1.29, 1.82) is 0 Å². The average molecular weight is 527 g/mol. The van der Waals surface area contributed by atoms with E-state index in [1.54, 1.807) is 14.2 Å². The third-order valence-corrected chi connectivity index (χ3v) is 7.16. The zero-order valence-electron chi connectivity index (χ0n) is 21.1. The van der Waals surface area contributed by atoms with Gasteiger partial charge in [-0.15, -0.1) is 0 Å². The Morgan fingerprint density at radius 3 is 2.32 bits per heavy atom. The van der Waals surface area contributed by atoms with Gasteiger partial charge in [0.05, 0.1) is 26.0 Å². The van der Waals surface area contributed by atoms with E-state index in [1.165, 1.54) is 0 Å². The molecule has 0 unspecified atom stereocenters. The van der Waals surface area contributed by atoms with E-state index in [2.05, 4.69) is 11.1 Å². The normalized spacial score (nSPS) is 17.7. The Balaban J connectivity index is 1.29. The number of hydrogen-bond acceptors (Lipinski definition) is 6. The SMILES string of the molecule is COc1ccc(C2=NN3[C@H](C2)c2cccc(OC)c2O[C@@H]3c2ccc(OCc3ccc(Cl)cc3)cc2)cc1. The number of para-hydroxylation sites is 1. The highest BCUT2D eigenvalue weighted by molar-refractivity contribution is 6.30. The molecule has 2 heterocycles. The van der Waals surface area contributed by atoms with Crippen molar-refractivity contribution < 1.29 is 18.9 Å². The monoisotopic (exact) mass is 526 g/mol. The maximum Gasteiger partial charge on any atom is 0.214 e. The van der Waals surface area contributed by atoms with Crippen molar-refractivity contribution in [1.82, 2.24) is 5.01 Å². The standard InChI is InChI=1S/C31H27ClN2O4/c1-35-24-14-8-21(9-15-24)27-18-28-26-4-3-5-29(36-2)30(26)38-31(34(28)33-27)22-10-16-25(17-11-22)37-19-20-6-12-23(32)13-7-20/h3-17,28,31H,18-19H2,1-2H3/t28-,31-/m1/s1. The molecule has 2 aliphatic heterocycles. The van der Waals surface area contributed by atoms with E-state index in [0.29, 0.717) is 17.4 Å². The van der Waals surface area contributed by atoms with Crippen LogP contribution in [0.1, 0.15) is 40.9 Å². The van der Waals surface area contributed by atoms with E-state index >= 15 is 0 Å². The molecule has 0 aliphatic carbocycles. The van der Waals surface area contributed by atoms with E-state index in [0.717, 1.165) is 51.6 Å². The van der Waals surface area contributed by atoms with E-state index in [-0.39, 0.29) is 6.04 Å². The summed E-state index contributed by atoms with van der Waals surface area (Å²) < 4.78 is 23.6. The van der Waals surface area contributed by atoms with Crippen molar-refractivity contribution in [3.63, 3.8) is 0 Å². The molecule has 0 aromatic heterocycles. The van der Waals surface area contributed by atoms with Crippen LogP contribution >= 0.6 is 11.6 Å². The fraction of sp³-hybridized carbons (Fsp3) is 0.194. The van der Waals surface area contributed by atoms with Crippen LogP contribution in [0.15, 0.2) is 96.1 Å². The molecule has 6 nitrogen and oxygen atoms in total. The Morgan fingerprint density at radius 1 is 0.868 bits per heavy atom. The molecule has 38 heavy (non-hydrogen) atoms. The van der Waals surface area contributed by atoms with Crippen molar-refractivity contribution in [2.45, 2.75) is 25.3 Å². The Hall–Kier alpha value is -4.16.